The molecule has 0 unspecified atom stereocenters. The highest BCUT2D eigenvalue weighted by molar-refractivity contribution is 6.30. The van der Waals surface area contributed by atoms with Crippen LogP contribution in [-0.2, 0) is 0 Å². The van der Waals surface area contributed by atoms with Crippen LogP contribution in [0.1, 0.15) is 0 Å². The van der Waals surface area contributed by atoms with Crippen LogP contribution in [0.3, 0.4) is 0 Å². The third-order valence-corrected chi connectivity index (χ3v) is 2.27. The minimum Gasteiger partial charge on any atom is -0.457 e. The molecule has 0 aromatic heterocycles. The highest BCUT2D eigenvalue weighted by Crippen LogP contribution is 2.24. The Morgan fingerprint density at radius 2 is 1.38 bits per heavy atom. The van der Waals surface area contributed by atoms with Gasteiger partial charge in [-0.1, -0.05) is 23.7 Å². The van der Waals surface area contributed by atoms with Crippen LogP contribution in [0.4, 0.5) is 5.69 Å². The molecule has 0 saturated heterocycles. The molecular formula is C13H8ClNO. The average molecular weight is 230 g/mol. The molecule has 2 aromatic carbocycles. The van der Waals surface area contributed by atoms with Gasteiger partial charge >= 0.3 is 0 Å². The van der Waals surface area contributed by atoms with Gasteiger partial charge in [-0.25, -0.2) is 4.85 Å². The van der Waals surface area contributed by atoms with Gasteiger partial charge in [0.1, 0.15) is 11.5 Å². The van der Waals surface area contributed by atoms with Crippen LogP contribution in [0.25, 0.3) is 4.85 Å². The molecule has 2 rings (SSSR count). The molecule has 2 nitrogen and oxygen atoms in total. The van der Waals surface area contributed by atoms with Crippen molar-refractivity contribution in [2.75, 3.05) is 0 Å². The maximum absolute atomic E-state index is 6.83. The van der Waals surface area contributed by atoms with Gasteiger partial charge in [0.05, 0.1) is 6.57 Å². The monoisotopic (exact) mass is 229 g/mol. The minimum atomic E-state index is 0.600. The zero-order valence-corrected chi connectivity index (χ0v) is 9.11. The SMILES string of the molecule is [C-]#[N+]c1ccc(Oc2ccc(Cl)cc2)cc1. The number of ether oxygens (including phenoxy) is 1. The first-order valence-corrected chi connectivity index (χ1v) is 5.07. The molecule has 0 fully saturated rings. The van der Waals surface area contributed by atoms with Gasteiger partial charge in [-0.15, -0.1) is 0 Å². The normalized spacial score (nSPS) is 9.50. The van der Waals surface area contributed by atoms with Crippen molar-refractivity contribution < 1.29 is 4.74 Å². The van der Waals surface area contributed by atoms with Crippen molar-refractivity contribution in [3.63, 3.8) is 0 Å². The van der Waals surface area contributed by atoms with E-state index in [4.69, 9.17) is 22.9 Å². The van der Waals surface area contributed by atoms with Gasteiger partial charge < -0.3 is 4.74 Å². The van der Waals surface area contributed by atoms with Gasteiger partial charge in [-0.05, 0) is 36.4 Å². The summed E-state index contributed by atoms with van der Waals surface area (Å²) in [7, 11) is 0. The second-order valence-corrected chi connectivity index (χ2v) is 3.60. The van der Waals surface area contributed by atoms with Crippen molar-refractivity contribution >= 4 is 17.3 Å². The lowest BCUT2D eigenvalue weighted by atomic mass is 10.3. The lowest BCUT2D eigenvalue weighted by molar-refractivity contribution is 0.483. The van der Waals surface area contributed by atoms with E-state index < -0.39 is 0 Å². The molecule has 0 saturated carbocycles. The van der Waals surface area contributed by atoms with Crippen molar-refractivity contribution in [1.82, 2.24) is 0 Å². The number of halogens is 1. The average Bonchev–Trinajstić information content (AvgIpc) is 2.33. The van der Waals surface area contributed by atoms with Gasteiger partial charge in [0.2, 0.25) is 0 Å². The molecule has 0 aliphatic rings. The first-order valence-electron chi connectivity index (χ1n) is 4.69. The van der Waals surface area contributed by atoms with Crippen LogP contribution >= 0.6 is 11.6 Å². The summed E-state index contributed by atoms with van der Waals surface area (Å²) in [5.41, 5.74) is 0.600. The Morgan fingerprint density at radius 3 is 1.88 bits per heavy atom. The molecule has 0 amide bonds. The fourth-order valence-corrected chi connectivity index (χ4v) is 1.35. The highest BCUT2D eigenvalue weighted by Gasteiger charge is 1.97. The molecule has 0 spiro atoms. The van der Waals surface area contributed by atoms with E-state index in [9.17, 15) is 0 Å². The number of benzene rings is 2. The summed E-state index contributed by atoms with van der Waals surface area (Å²) in [5, 5.41) is 0.677. The summed E-state index contributed by atoms with van der Waals surface area (Å²) < 4.78 is 5.57. The first-order chi connectivity index (χ1) is 7.78. The van der Waals surface area contributed by atoms with Crippen LogP contribution in [0, 0.1) is 6.57 Å². The van der Waals surface area contributed by atoms with E-state index in [0.29, 0.717) is 16.5 Å². The summed E-state index contributed by atoms with van der Waals surface area (Å²) >= 11 is 5.77. The maximum Gasteiger partial charge on any atom is 0.187 e. The van der Waals surface area contributed by atoms with E-state index in [2.05, 4.69) is 4.85 Å². The van der Waals surface area contributed by atoms with Crippen LogP contribution in [-0.4, -0.2) is 0 Å². The molecule has 0 N–H and O–H groups in total. The molecular weight excluding hydrogens is 222 g/mol. The van der Waals surface area contributed by atoms with E-state index in [1.165, 1.54) is 0 Å². The van der Waals surface area contributed by atoms with Gasteiger partial charge in [0.25, 0.3) is 0 Å². The Morgan fingerprint density at radius 1 is 0.875 bits per heavy atom. The Kier molecular flexibility index (Phi) is 3.09. The van der Waals surface area contributed by atoms with Gasteiger partial charge in [-0.3, -0.25) is 0 Å². The zero-order chi connectivity index (χ0) is 11.4. The lowest BCUT2D eigenvalue weighted by Crippen LogP contribution is -1.82. The molecule has 0 heterocycles. The maximum atomic E-state index is 6.83. The van der Waals surface area contributed by atoms with E-state index in [-0.39, 0.29) is 0 Å². The Labute approximate surface area is 98.9 Å². The standard InChI is InChI=1S/C13H8ClNO/c1-15-11-4-8-13(9-5-11)16-12-6-2-10(14)3-7-12/h2-9H. The van der Waals surface area contributed by atoms with E-state index >= 15 is 0 Å². The number of rotatable bonds is 2. The molecule has 0 radical (unpaired) electrons. The van der Waals surface area contributed by atoms with Crippen molar-refractivity contribution in [3.05, 3.63) is 65.0 Å². The lowest BCUT2D eigenvalue weighted by Gasteiger charge is -2.05. The van der Waals surface area contributed by atoms with Gasteiger partial charge in [0, 0.05) is 5.02 Å². The third kappa shape index (κ3) is 2.53. The Hall–Kier alpha value is -1.98. The van der Waals surface area contributed by atoms with Crippen molar-refractivity contribution in [3.8, 4) is 11.5 Å². The molecule has 78 valence electrons. The fraction of sp³-hybridized carbons (Fsp3) is 0. The Bertz CT molecular complexity index is 511. The molecule has 0 aliphatic carbocycles. The van der Waals surface area contributed by atoms with Crippen molar-refractivity contribution in [2.45, 2.75) is 0 Å². The smallest absolute Gasteiger partial charge is 0.187 e. The predicted octanol–water partition coefficient (Wildman–Crippen LogP) is 4.68. The second-order valence-electron chi connectivity index (χ2n) is 3.16. The summed E-state index contributed by atoms with van der Waals surface area (Å²) in [6, 6.07) is 14.1. The first kappa shape index (κ1) is 10.5. The summed E-state index contributed by atoms with van der Waals surface area (Å²) in [6.07, 6.45) is 0. The molecule has 16 heavy (non-hydrogen) atoms. The fourth-order valence-electron chi connectivity index (χ4n) is 1.23. The molecule has 3 heteroatoms. The highest BCUT2D eigenvalue weighted by atomic mass is 35.5. The molecule has 0 atom stereocenters. The quantitative estimate of drug-likeness (QED) is 0.682. The summed E-state index contributed by atoms with van der Waals surface area (Å²) in [6.45, 7) is 6.83. The van der Waals surface area contributed by atoms with E-state index in [1.807, 2.05) is 0 Å². The summed E-state index contributed by atoms with van der Waals surface area (Å²) in [4.78, 5) is 3.31. The Balaban J connectivity index is 2.15. The third-order valence-electron chi connectivity index (χ3n) is 2.02. The van der Waals surface area contributed by atoms with Crippen LogP contribution in [0.15, 0.2) is 48.5 Å². The number of nitrogens with zero attached hydrogens (tertiary/aromatic N) is 1. The minimum absolute atomic E-state index is 0.600. The predicted molar refractivity (Wildman–Crippen MR) is 64.2 cm³/mol. The van der Waals surface area contributed by atoms with E-state index in [0.717, 1.165) is 5.75 Å². The van der Waals surface area contributed by atoms with Crippen LogP contribution in [0.2, 0.25) is 5.02 Å². The second kappa shape index (κ2) is 4.69. The molecule has 0 aliphatic heterocycles. The molecule has 0 bridgehead atoms. The van der Waals surface area contributed by atoms with E-state index in [1.54, 1.807) is 48.5 Å². The number of hydrogen-bond donors (Lipinski definition) is 0. The largest absolute Gasteiger partial charge is 0.457 e. The summed E-state index contributed by atoms with van der Waals surface area (Å²) in [5.74, 6) is 1.43. The van der Waals surface area contributed by atoms with Gasteiger partial charge in [-0.2, -0.15) is 0 Å². The number of hydrogen-bond acceptors (Lipinski definition) is 1. The van der Waals surface area contributed by atoms with Crippen LogP contribution < -0.4 is 4.74 Å². The molecule has 2 aromatic rings. The topological polar surface area (TPSA) is 13.6 Å². The van der Waals surface area contributed by atoms with Gasteiger partial charge in [0.15, 0.2) is 5.69 Å². The van der Waals surface area contributed by atoms with Crippen molar-refractivity contribution in [1.29, 1.82) is 0 Å². The van der Waals surface area contributed by atoms with Crippen LogP contribution in [0.5, 0.6) is 11.5 Å². The van der Waals surface area contributed by atoms with Crippen molar-refractivity contribution in [2.24, 2.45) is 0 Å². The zero-order valence-electron chi connectivity index (χ0n) is 8.35.